The van der Waals surface area contributed by atoms with Crippen molar-refractivity contribution < 1.29 is 14.4 Å². The third-order valence-electron chi connectivity index (χ3n) is 5.38. The third kappa shape index (κ3) is 2.65. The molecule has 3 nitrogen and oxygen atoms in total. The van der Waals surface area contributed by atoms with Crippen LogP contribution in [-0.2, 0) is 11.3 Å². The Hall–Kier alpha value is -2.39. The zero-order valence-electron chi connectivity index (χ0n) is 13.8. The lowest BCUT2D eigenvalue weighted by molar-refractivity contribution is -0.935. The molecule has 2 aromatic carbocycles. The van der Waals surface area contributed by atoms with Gasteiger partial charge in [0.15, 0.2) is 6.04 Å². The minimum atomic E-state index is 0.0661. The topological polar surface area (TPSA) is 30.7 Å². The first kappa shape index (κ1) is 15.2. The largest absolute Gasteiger partial charge is 0.497 e. The molecule has 122 valence electrons. The fourth-order valence-corrected chi connectivity index (χ4v) is 4.20. The first-order chi connectivity index (χ1) is 11.8. The van der Waals surface area contributed by atoms with Crippen LogP contribution in [-0.4, -0.2) is 25.0 Å². The Morgan fingerprint density at radius 2 is 1.96 bits per heavy atom. The van der Waals surface area contributed by atoms with Gasteiger partial charge in [-0.3, -0.25) is 4.79 Å². The molecule has 0 aromatic heterocycles. The number of hydrogen-bond donors (Lipinski definition) is 1. The minimum absolute atomic E-state index is 0.0661. The van der Waals surface area contributed by atoms with Crippen LogP contribution in [0.5, 0.6) is 5.75 Å². The number of benzene rings is 2. The fourth-order valence-electron chi connectivity index (χ4n) is 4.20. The van der Waals surface area contributed by atoms with E-state index in [0.717, 1.165) is 18.7 Å². The van der Waals surface area contributed by atoms with Gasteiger partial charge in [-0.05, 0) is 29.8 Å². The average molecular weight is 320 g/mol. The summed E-state index contributed by atoms with van der Waals surface area (Å²) in [6.07, 6.45) is 4.82. The molecule has 3 heteroatoms. The van der Waals surface area contributed by atoms with Crippen molar-refractivity contribution in [2.24, 2.45) is 0 Å². The van der Waals surface area contributed by atoms with Gasteiger partial charge < -0.3 is 9.64 Å². The van der Waals surface area contributed by atoms with Crippen molar-refractivity contribution in [1.29, 1.82) is 0 Å². The van der Waals surface area contributed by atoms with Crippen molar-refractivity contribution in [3.63, 3.8) is 0 Å². The second-order valence-electron chi connectivity index (χ2n) is 6.70. The van der Waals surface area contributed by atoms with Crippen LogP contribution in [0.3, 0.4) is 0 Å². The van der Waals surface area contributed by atoms with Crippen LogP contribution in [0.2, 0.25) is 0 Å². The molecule has 4 atom stereocenters. The van der Waals surface area contributed by atoms with E-state index >= 15 is 0 Å². The number of rotatable bonds is 4. The number of ketones is 1. The summed E-state index contributed by atoms with van der Waals surface area (Å²) in [5, 5.41) is 0. The van der Waals surface area contributed by atoms with Crippen LogP contribution in [0.4, 0.5) is 0 Å². The number of methoxy groups -OCH3 is 1. The fraction of sp³-hybridized carbons (Fsp3) is 0.286. The highest BCUT2D eigenvalue weighted by Gasteiger charge is 2.49. The lowest BCUT2D eigenvalue weighted by Crippen LogP contribution is -3.17. The molecule has 2 aliphatic heterocycles. The van der Waals surface area contributed by atoms with Crippen molar-refractivity contribution in [3.05, 3.63) is 77.9 Å². The summed E-state index contributed by atoms with van der Waals surface area (Å²) in [4.78, 5) is 13.8. The Morgan fingerprint density at radius 3 is 2.75 bits per heavy atom. The van der Waals surface area contributed by atoms with E-state index in [1.165, 1.54) is 16.0 Å². The van der Waals surface area contributed by atoms with Crippen molar-refractivity contribution in [3.8, 4) is 5.75 Å². The molecule has 4 rings (SSSR count). The normalized spacial score (nSPS) is 28.1. The summed E-state index contributed by atoms with van der Waals surface area (Å²) in [5.41, 5.74) is 2.56. The summed E-state index contributed by atoms with van der Waals surface area (Å²) in [7, 11) is 1.70. The Bertz CT molecular complexity index is 768. The van der Waals surface area contributed by atoms with Gasteiger partial charge in [-0.15, -0.1) is 0 Å². The van der Waals surface area contributed by atoms with E-state index in [2.05, 4.69) is 42.5 Å². The zero-order chi connectivity index (χ0) is 16.5. The molecule has 1 fully saturated rings. The first-order valence-corrected chi connectivity index (χ1v) is 8.52. The van der Waals surface area contributed by atoms with E-state index < -0.39 is 0 Å². The SMILES string of the molecule is COc1cccc([C@@H]2C[C@H]3C(=O)C=C[C@@H]2[NH+]3Cc2ccccc2)c1. The molecule has 0 amide bonds. The summed E-state index contributed by atoms with van der Waals surface area (Å²) in [6.45, 7) is 0.896. The Morgan fingerprint density at radius 1 is 1.12 bits per heavy atom. The van der Waals surface area contributed by atoms with Gasteiger partial charge >= 0.3 is 0 Å². The molecule has 0 saturated carbocycles. The predicted octanol–water partition coefficient (Wildman–Crippen LogP) is 2.14. The number of hydrogen-bond acceptors (Lipinski definition) is 2. The molecule has 2 heterocycles. The molecule has 1 saturated heterocycles. The van der Waals surface area contributed by atoms with Crippen molar-refractivity contribution in [2.75, 3.05) is 7.11 Å². The molecule has 2 aliphatic rings. The highest BCUT2D eigenvalue weighted by atomic mass is 16.5. The summed E-state index contributed by atoms with van der Waals surface area (Å²) < 4.78 is 5.38. The predicted molar refractivity (Wildman–Crippen MR) is 93.2 cm³/mol. The second kappa shape index (κ2) is 6.25. The van der Waals surface area contributed by atoms with Gasteiger partial charge in [-0.2, -0.15) is 0 Å². The van der Waals surface area contributed by atoms with Gasteiger partial charge in [0.25, 0.3) is 0 Å². The number of carbonyl (C=O) groups excluding carboxylic acids is 1. The average Bonchev–Trinajstić information content (AvgIpc) is 2.89. The zero-order valence-corrected chi connectivity index (χ0v) is 13.8. The highest BCUT2D eigenvalue weighted by molar-refractivity contribution is 5.94. The maximum absolute atomic E-state index is 12.4. The van der Waals surface area contributed by atoms with E-state index in [-0.39, 0.29) is 11.8 Å². The molecule has 1 N–H and O–H groups in total. The number of nitrogens with one attached hydrogen (secondary N) is 1. The van der Waals surface area contributed by atoms with Crippen LogP contribution < -0.4 is 9.64 Å². The van der Waals surface area contributed by atoms with Crippen molar-refractivity contribution in [1.82, 2.24) is 0 Å². The quantitative estimate of drug-likeness (QED) is 0.936. The molecule has 24 heavy (non-hydrogen) atoms. The molecular weight excluding hydrogens is 298 g/mol. The van der Waals surface area contributed by atoms with E-state index in [4.69, 9.17) is 4.74 Å². The Labute approximate surface area is 142 Å². The molecule has 0 aliphatic carbocycles. The number of quaternary nitrogens is 1. The van der Waals surface area contributed by atoms with Gasteiger partial charge in [0.05, 0.1) is 7.11 Å². The summed E-state index contributed by atoms with van der Waals surface area (Å²) in [5.74, 6) is 1.52. The van der Waals surface area contributed by atoms with Crippen LogP contribution in [0.1, 0.15) is 23.5 Å². The number of ether oxygens (including phenoxy) is 1. The Balaban J connectivity index is 1.65. The third-order valence-corrected chi connectivity index (χ3v) is 5.38. The van der Waals surface area contributed by atoms with E-state index in [9.17, 15) is 4.79 Å². The minimum Gasteiger partial charge on any atom is -0.497 e. The second-order valence-corrected chi connectivity index (χ2v) is 6.70. The lowest BCUT2D eigenvalue weighted by Gasteiger charge is -2.28. The number of carbonyl (C=O) groups is 1. The maximum atomic E-state index is 12.4. The monoisotopic (exact) mass is 320 g/mol. The van der Waals surface area contributed by atoms with Gasteiger partial charge in [-0.1, -0.05) is 42.5 Å². The maximum Gasteiger partial charge on any atom is 0.212 e. The molecule has 1 unspecified atom stereocenters. The van der Waals surface area contributed by atoms with E-state index in [0.29, 0.717) is 12.0 Å². The standard InChI is InChI=1S/C21H21NO2/c1-24-17-9-5-8-16(12-17)18-13-20-21(23)11-10-19(18)22(20)14-15-6-3-2-4-7-15/h2-12,18-20H,13-14H2,1H3/p+1/t18-,19-,20-/m0/s1. The highest BCUT2D eigenvalue weighted by Crippen LogP contribution is 2.33. The van der Waals surface area contributed by atoms with Crippen molar-refractivity contribution in [2.45, 2.75) is 31.0 Å². The van der Waals surface area contributed by atoms with Crippen LogP contribution in [0.25, 0.3) is 0 Å². The van der Waals surface area contributed by atoms with Crippen LogP contribution in [0, 0.1) is 0 Å². The van der Waals surface area contributed by atoms with Crippen LogP contribution >= 0.6 is 0 Å². The number of fused-ring (bicyclic) bond motifs is 2. The lowest BCUT2D eigenvalue weighted by atomic mass is 9.91. The van der Waals surface area contributed by atoms with Crippen LogP contribution in [0.15, 0.2) is 66.7 Å². The summed E-state index contributed by atoms with van der Waals surface area (Å²) >= 11 is 0. The van der Waals surface area contributed by atoms with E-state index in [1.807, 2.05) is 18.2 Å². The van der Waals surface area contributed by atoms with Gasteiger partial charge in [-0.25, -0.2) is 0 Å². The van der Waals surface area contributed by atoms with Gasteiger partial charge in [0, 0.05) is 17.9 Å². The summed E-state index contributed by atoms with van der Waals surface area (Å²) in [6, 6.07) is 19.2. The van der Waals surface area contributed by atoms with Gasteiger partial charge in [0.1, 0.15) is 18.3 Å². The molecule has 0 spiro atoms. The van der Waals surface area contributed by atoms with Crippen molar-refractivity contribution >= 4 is 5.78 Å². The Kier molecular flexibility index (Phi) is 3.95. The molecule has 2 aromatic rings. The van der Waals surface area contributed by atoms with Gasteiger partial charge in [0.2, 0.25) is 5.78 Å². The van der Waals surface area contributed by atoms with E-state index in [1.54, 1.807) is 13.2 Å². The molecule has 2 bridgehead atoms. The smallest absolute Gasteiger partial charge is 0.212 e. The first-order valence-electron chi connectivity index (χ1n) is 8.52. The molecule has 0 radical (unpaired) electrons. The molecular formula is C21H22NO2+.